The molecule has 150 valence electrons. The number of carbonyl (C=O) groups is 2. The summed E-state index contributed by atoms with van der Waals surface area (Å²) in [6.07, 6.45) is 3.33. The minimum atomic E-state index is -0.461. The van der Waals surface area contributed by atoms with E-state index in [1.165, 1.54) is 6.08 Å². The molecule has 30 heavy (non-hydrogen) atoms. The number of benzene rings is 3. The van der Waals surface area contributed by atoms with Crippen LogP contribution in [0.15, 0.2) is 73.3 Å². The van der Waals surface area contributed by atoms with E-state index in [2.05, 4.69) is 12.6 Å². The molecule has 3 rings (SSSR count). The zero-order valence-electron chi connectivity index (χ0n) is 16.5. The number of unbranched alkanes of at least 4 members (excludes halogenated alkanes) is 1. The van der Waals surface area contributed by atoms with Crippen molar-refractivity contribution < 1.29 is 19.1 Å². The third-order valence-electron chi connectivity index (χ3n) is 4.56. The number of ketones is 1. The van der Waals surface area contributed by atoms with Gasteiger partial charge in [0.05, 0.1) is 23.8 Å². The van der Waals surface area contributed by atoms with Crippen molar-refractivity contribution in [3.05, 3.63) is 84.4 Å². The molecule has 5 nitrogen and oxygen atoms in total. The highest BCUT2D eigenvalue weighted by atomic mass is 16.5. The van der Waals surface area contributed by atoms with Gasteiger partial charge >= 0.3 is 5.97 Å². The molecule has 0 saturated carbocycles. The van der Waals surface area contributed by atoms with Crippen molar-refractivity contribution in [2.75, 3.05) is 6.61 Å². The lowest BCUT2D eigenvalue weighted by Crippen LogP contribution is -2.08. The summed E-state index contributed by atoms with van der Waals surface area (Å²) in [7, 11) is 0. The van der Waals surface area contributed by atoms with Gasteiger partial charge in [0.2, 0.25) is 0 Å². The Hall–Kier alpha value is -3.91. The van der Waals surface area contributed by atoms with Crippen molar-refractivity contribution in [1.82, 2.24) is 0 Å². The van der Waals surface area contributed by atoms with Crippen LogP contribution in [-0.4, -0.2) is 18.4 Å². The van der Waals surface area contributed by atoms with Crippen LogP contribution in [0, 0.1) is 11.3 Å². The Labute approximate surface area is 175 Å². The molecular formula is C25H21NO4. The van der Waals surface area contributed by atoms with Gasteiger partial charge < -0.3 is 9.47 Å². The summed E-state index contributed by atoms with van der Waals surface area (Å²) < 4.78 is 11.1. The highest BCUT2D eigenvalue weighted by Gasteiger charge is 2.10. The molecule has 0 bridgehead atoms. The molecule has 0 aromatic heterocycles. The Kier molecular flexibility index (Phi) is 6.96. The average Bonchev–Trinajstić information content (AvgIpc) is 2.78. The zero-order valence-corrected chi connectivity index (χ0v) is 16.5. The Morgan fingerprint density at radius 1 is 0.933 bits per heavy atom. The molecule has 0 unspecified atom stereocenters. The molecule has 3 aromatic carbocycles. The monoisotopic (exact) mass is 399 g/mol. The van der Waals surface area contributed by atoms with Crippen LogP contribution >= 0.6 is 0 Å². The molecule has 0 N–H and O–H groups in total. The third kappa shape index (κ3) is 5.55. The van der Waals surface area contributed by atoms with E-state index in [1.54, 1.807) is 48.5 Å². The van der Waals surface area contributed by atoms with Gasteiger partial charge in [0.1, 0.15) is 11.5 Å². The first-order chi connectivity index (χ1) is 14.6. The second-order valence-corrected chi connectivity index (χ2v) is 6.73. The lowest BCUT2D eigenvalue weighted by atomic mass is 10.1. The van der Waals surface area contributed by atoms with E-state index >= 15 is 0 Å². The summed E-state index contributed by atoms with van der Waals surface area (Å²) in [4.78, 5) is 23.6. The maximum atomic E-state index is 12.4. The summed E-state index contributed by atoms with van der Waals surface area (Å²) >= 11 is 0. The number of nitrogens with zero attached hydrogens (tertiary/aromatic N) is 1. The topological polar surface area (TPSA) is 76.4 Å². The first-order valence-corrected chi connectivity index (χ1v) is 9.63. The number of fused-ring (bicyclic) bond motifs is 1. The van der Waals surface area contributed by atoms with Crippen LogP contribution in [0.3, 0.4) is 0 Å². The number of rotatable bonds is 9. The van der Waals surface area contributed by atoms with Gasteiger partial charge in [-0.2, -0.15) is 5.26 Å². The number of ether oxygens (including phenoxy) is 2. The van der Waals surface area contributed by atoms with Gasteiger partial charge in [-0.05, 0) is 78.2 Å². The van der Waals surface area contributed by atoms with E-state index in [4.69, 9.17) is 14.7 Å². The highest BCUT2D eigenvalue weighted by Crippen LogP contribution is 2.23. The van der Waals surface area contributed by atoms with Crippen LogP contribution in [0.4, 0.5) is 0 Å². The van der Waals surface area contributed by atoms with Crippen molar-refractivity contribution in [2.24, 2.45) is 0 Å². The number of carbonyl (C=O) groups excluding carboxylic acids is 2. The molecule has 0 fully saturated rings. The van der Waals surface area contributed by atoms with Gasteiger partial charge in [0, 0.05) is 6.42 Å². The number of hydrogen-bond donors (Lipinski definition) is 0. The average molecular weight is 399 g/mol. The second kappa shape index (κ2) is 10.0. The predicted molar refractivity (Wildman–Crippen MR) is 115 cm³/mol. The Morgan fingerprint density at radius 3 is 2.37 bits per heavy atom. The lowest BCUT2D eigenvalue weighted by molar-refractivity contribution is -0.114. The van der Waals surface area contributed by atoms with Crippen molar-refractivity contribution >= 4 is 22.5 Å². The van der Waals surface area contributed by atoms with E-state index < -0.39 is 5.97 Å². The molecular weight excluding hydrogens is 378 g/mol. The number of allylic oxidation sites excluding steroid dienone is 1. The molecule has 0 aliphatic rings. The van der Waals surface area contributed by atoms with E-state index in [0.29, 0.717) is 35.7 Å². The lowest BCUT2D eigenvalue weighted by Gasteiger charge is -2.08. The van der Waals surface area contributed by atoms with Crippen LogP contribution in [0.5, 0.6) is 11.5 Å². The molecule has 0 radical (unpaired) electrons. The zero-order chi connectivity index (χ0) is 21.3. The molecule has 0 heterocycles. The summed E-state index contributed by atoms with van der Waals surface area (Å²) in [6, 6.07) is 19.5. The van der Waals surface area contributed by atoms with Crippen LogP contribution in [-0.2, 0) is 4.79 Å². The molecule has 0 aliphatic carbocycles. The molecule has 0 atom stereocenters. The molecule has 3 aromatic rings. The maximum Gasteiger partial charge on any atom is 0.343 e. The first-order valence-electron chi connectivity index (χ1n) is 9.63. The van der Waals surface area contributed by atoms with Gasteiger partial charge in [-0.3, -0.25) is 4.79 Å². The molecule has 0 spiro atoms. The van der Waals surface area contributed by atoms with Crippen LogP contribution in [0.25, 0.3) is 10.8 Å². The van der Waals surface area contributed by atoms with Gasteiger partial charge in [0.15, 0.2) is 5.78 Å². The van der Waals surface area contributed by atoms with Crippen molar-refractivity contribution in [3.8, 4) is 17.6 Å². The fourth-order valence-corrected chi connectivity index (χ4v) is 2.90. The fraction of sp³-hybridized carbons (Fsp3) is 0.160. The van der Waals surface area contributed by atoms with Crippen molar-refractivity contribution in [1.29, 1.82) is 5.26 Å². The highest BCUT2D eigenvalue weighted by molar-refractivity contribution is 5.92. The summed E-state index contributed by atoms with van der Waals surface area (Å²) in [5.41, 5.74) is 0.999. The second-order valence-electron chi connectivity index (χ2n) is 6.73. The van der Waals surface area contributed by atoms with Gasteiger partial charge in [-0.25, -0.2) is 4.79 Å². The third-order valence-corrected chi connectivity index (χ3v) is 4.56. The summed E-state index contributed by atoms with van der Waals surface area (Å²) in [6.45, 7) is 3.95. The maximum absolute atomic E-state index is 12.4. The van der Waals surface area contributed by atoms with Crippen LogP contribution < -0.4 is 9.47 Å². The predicted octanol–water partition coefficient (Wildman–Crippen LogP) is 5.23. The smallest absolute Gasteiger partial charge is 0.343 e. The summed E-state index contributed by atoms with van der Waals surface area (Å²) in [5.74, 6) is 0.667. The first kappa shape index (κ1) is 20.8. The standard InChI is InChI=1S/C25H21NO4/c1-2-22(27)5-3-4-14-29-23-11-8-19(9-12-23)25(28)30-24-13-10-20-15-18(17-26)6-7-21(20)16-24/h2,6-13,15-16H,1,3-5,14H2. The number of esters is 1. The minimum absolute atomic E-state index is 0.0381. The van der Waals surface area contributed by atoms with Gasteiger partial charge in [0.25, 0.3) is 0 Å². The SMILES string of the molecule is C=CC(=O)CCCCOc1ccc(C(=O)Oc2ccc3cc(C#N)ccc3c2)cc1. The Balaban J connectivity index is 1.54. The fourth-order valence-electron chi connectivity index (χ4n) is 2.90. The van der Waals surface area contributed by atoms with Gasteiger partial charge in [-0.1, -0.05) is 18.7 Å². The van der Waals surface area contributed by atoms with E-state index in [9.17, 15) is 9.59 Å². The van der Waals surface area contributed by atoms with E-state index in [-0.39, 0.29) is 5.78 Å². The van der Waals surface area contributed by atoms with E-state index in [0.717, 1.165) is 23.6 Å². The molecule has 0 aliphatic heterocycles. The molecule has 0 amide bonds. The van der Waals surface area contributed by atoms with Crippen LogP contribution in [0.2, 0.25) is 0 Å². The normalized spacial score (nSPS) is 10.2. The Bertz CT molecular complexity index is 1110. The molecule has 5 heteroatoms. The Morgan fingerprint density at radius 2 is 1.63 bits per heavy atom. The van der Waals surface area contributed by atoms with Crippen LogP contribution in [0.1, 0.15) is 35.2 Å². The molecule has 0 saturated heterocycles. The quantitative estimate of drug-likeness (QED) is 0.213. The van der Waals surface area contributed by atoms with Crippen molar-refractivity contribution in [2.45, 2.75) is 19.3 Å². The minimum Gasteiger partial charge on any atom is -0.494 e. The largest absolute Gasteiger partial charge is 0.494 e. The van der Waals surface area contributed by atoms with E-state index in [1.807, 2.05) is 12.1 Å². The number of nitriles is 1. The van der Waals surface area contributed by atoms with Gasteiger partial charge in [-0.15, -0.1) is 0 Å². The number of hydrogen-bond acceptors (Lipinski definition) is 5. The van der Waals surface area contributed by atoms with Crippen molar-refractivity contribution in [3.63, 3.8) is 0 Å². The summed E-state index contributed by atoms with van der Waals surface area (Å²) in [5, 5.41) is 10.8.